The largest absolute Gasteiger partial charge is 0.457 e. The number of aryl methyl sites for hydroxylation is 1. The van der Waals surface area contributed by atoms with Gasteiger partial charge in [0.05, 0.1) is 24.0 Å². The molecule has 3 heterocycles. The summed E-state index contributed by atoms with van der Waals surface area (Å²) in [5.74, 6) is 1.23. The number of carbonyl (C=O) groups excluding carboxylic acids is 3. The molecule has 2 unspecified atom stereocenters. The Morgan fingerprint density at radius 3 is 2.59 bits per heavy atom. The molecule has 0 radical (unpaired) electrons. The molecule has 0 spiro atoms. The van der Waals surface area contributed by atoms with E-state index in [-0.39, 0.29) is 36.5 Å². The molecule has 0 saturated heterocycles. The summed E-state index contributed by atoms with van der Waals surface area (Å²) in [6.07, 6.45) is 3.97. The molecule has 6 rings (SSSR count). The minimum atomic E-state index is -0.537. The van der Waals surface area contributed by atoms with E-state index in [9.17, 15) is 14.4 Å². The first-order chi connectivity index (χ1) is 19.9. The van der Waals surface area contributed by atoms with Crippen LogP contribution in [0.15, 0.2) is 65.8 Å². The molecule has 1 saturated carbocycles. The minimum absolute atomic E-state index is 0.0332. The molecule has 1 aromatic heterocycles. The highest BCUT2D eigenvalue weighted by molar-refractivity contribution is 8.01. The molecular formula is C30H32N6O4S. The van der Waals surface area contributed by atoms with E-state index < -0.39 is 11.3 Å². The maximum atomic E-state index is 13.6. The number of rotatable bonds is 8. The molecule has 3 aliphatic rings. The van der Waals surface area contributed by atoms with Gasteiger partial charge in [-0.1, -0.05) is 30.0 Å². The Balaban J connectivity index is 1.18. The zero-order valence-corrected chi connectivity index (χ0v) is 23.7. The Morgan fingerprint density at radius 2 is 1.83 bits per heavy atom. The number of anilines is 2. The number of hydrogen-bond donors (Lipinski definition) is 4. The van der Waals surface area contributed by atoms with Crippen molar-refractivity contribution in [2.75, 3.05) is 18.5 Å². The number of para-hydroxylation sites is 1. The number of nitrogens with zero attached hydrogens (tertiary/aromatic N) is 2. The van der Waals surface area contributed by atoms with Crippen molar-refractivity contribution in [2.45, 2.75) is 54.6 Å². The molecule has 3 aromatic rings. The van der Waals surface area contributed by atoms with Gasteiger partial charge in [-0.15, -0.1) is 0 Å². The van der Waals surface area contributed by atoms with Crippen molar-refractivity contribution < 1.29 is 19.1 Å². The van der Waals surface area contributed by atoms with Crippen LogP contribution in [0.5, 0.6) is 11.5 Å². The summed E-state index contributed by atoms with van der Waals surface area (Å²) in [7, 11) is 1.73. The lowest BCUT2D eigenvalue weighted by Crippen LogP contribution is -2.50. The zero-order valence-electron chi connectivity index (χ0n) is 22.8. The van der Waals surface area contributed by atoms with E-state index in [0.717, 1.165) is 46.1 Å². The van der Waals surface area contributed by atoms with Crippen molar-refractivity contribution in [3.63, 3.8) is 0 Å². The fourth-order valence-electron chi connectivity index (χ4n) is 5.80. The van der Waals surface area contributed by atoms with Crippen molar-refractivity contribution in [1.29, 1.82) is 0 Å². The van der Waals surface area contributed by atoms with Crippen LogP contribution in [0, 0.1) is 6.92 Å². The summed E-state index contributed by atoms with van der Waals surface area (Å²) in [5.41, 5.74) is 3.17. The van der Waals surface area contributed by atoms with Crippen LogP contribution in [-0.4, -0.2) is 53.8 Å². The van der Waals surface area contributed by atoms with Gasteiger partial charge in [0.1, 0.15) is 21.8 Å². The number of aromatic nitrogens is 1. The molecule has 2 aromatic carbocycles. The van der Waals surface area contributed by atoms with Gasteiger partial charge in [0.15, 0.2) is 0 Å². The molecule has 0 bridgehead atoms. The summed E-state index contributed by atoms with van der Waals surface area (Å²) >= 11 is 1.38. The van der Waals surface area contributed by atoms with Crippen LogP contribution in [-0.2, 0) is 9.59 Å². The van der Waals surface area contributed by atoms with Gasteiger partial charge in [-0.2, -0.15) is 0 Å². The number of carbonyl (C=O) groups is 3. The van der Waals surface area contributed by atoms with Crippen LogP contribution >= 0.6 is 11.8 Å². The van der Waals surface area contributed by atoms with E-state index >= 15 is 0 Å². The average molecular weight is 573 g/mol. The second kappa shape index (κ2) is 11.4. The van der Waals surface area contributed by atoms with E-state index in [4.69, 9.17) is 4.74 Å². The lowest BCUT2D eigenvalue weighted by atomic mass is 9.99. The highest BCUT2D eigenvalue weighted by atomic mass is 32.2. The summed E-state index contributed by atoms with van der Waals surface area (Å²) < 4.78 is 5.97. The topological polar surface area (TPSA) is 125 Å². The zero-order chi connectivity index (χ0) is 28.5. The molecule has 10 nitrogen and oxygen atoms in total. The Labute approximate surface area is 242 Å². The number of pyridine rings is 1. The number of thioether (sulfide) groups is 1. The fraction of sp³-hybridized carbons (Fsp3) is 0.333. The predicted molar refractivity (Wildman–Crippen MR) is 157 cm³/mol. The van der Waals surface area contributed by atoms with E-state index in [1.54, 1.807) is 18.1 Å². The summed E-state index contributed by atoms with van der Waals surface area (Å²) in [6.45, 7) is 2.21. The predicted octanol–water partition coefficient (Wildman–Crippen LogP) is 3.93. The van der Waals surface area contributed by atoms with Crippen molar-refractivity contribution >= 4 is 41.0 Å². The van der Waals surface area contributed by atoms with E-state index in [1.165, 1.54) is 11.8 Å². The van der Waals surface area contributed by atoms with Gasteiger partial charge in [-0.3, -0.25) is 14.5 Å². The van der Waals surface area contributed by atoms with Crippen molar-refractivity contribution in [1.82, 2.24) is 26.3 Å². The van der Waals surface area contributed by atoms with Gasteiger partial charge in [0.25, 0.3) is 0 Å². The number of likely N-dealkylation sites (N-methyl/N-ethyl adjacent to an activating group) is 1. The third-order valence-corrected chi connectivity index (χ3v) is 8.92. The first-order valence-electron chi connectivity index (χ1n) is 13.8. The Morgan fingerprint density at radius 1 is 1.05 bits per heavy atom. The third kappa shape index (κ3) is 5.47. The average Bonchev–Trinajstić information content (AvgIpc) is 3.55. The van der Waals surface area contributed by atoms with Gasteiger partial charge < -0.3 is 26.0 Å². The molecule has 11 heteroatoms. The fourth-order valence-corrected chi connectivity index (χ4v) is 7.03. The number of ether oxygens (including phenoxy) is 1. The van der Waals surface area contributed by atoms with Crippen LogP contribution in [0.25, 0.3) is 0 Å². The van der Waals surface area contributed by atoms with Crippen molar-refractivity contribution in [2.24, 2.45) is 0 Å². The highest BCUT2D eigenvalue weighted by Crippen LogP contribution is 2.51. The summed E-state index contributed by atoms with van der Waals surface area (Å²) in [6, 6.07) is 16.2. The van der Waals surface area contributed by atoms with Crippen molar-refractivity contribution in [3.05, 3.63) is 71.9 Å². The first-order valence-corrected chi connectivity index (χ1v) is 14.6. The number of benzene rings is 2. The van der Waals surface area contributed by atoms with Gasteiger partial charge >= 0.3 is 6.03 Å². The maximum absolute atomic E-state index is 13.6. The second-order valence-electron chi connectivity index (χ2n) is 10.5. The normalized spacial score (nSPS) is 22.6. The molecule has 4 N–H and O–H groups in total. The van der Waals surface area contributed by atoms with E-state index in [0.29, 0.717) is 12.2 Å². The lowest BCUT2D eigenvalue weighted by Gasteiger charge is -2.35. The molecule has 1 fully saturated rings. The molecule has 4 amide bonds. The van der Waals surface area contributed by atoms with Crippen LogP contribution < -0.4 is 30.9 Å². The molecule has 41 heavy (non-hydrogen) atoms. The van der Waals surface area contributed by atoms with Crippen LogP contribution in [0.2, 0.25) is 0 Å². The van der Waals surface area contributed by atoms with Gasteiger partial charge in [0, 0.05) is 23.8 Å². The van der Waals surface area contributed by atoms with Crippen molar-refractivity contribution in [3.8, 4) is 11.5 Å². The van der Waals surface area contributed by atoms with E-state index in [1.807, 2.05) is 61.5 Å². The molecule has 4 atom stereocenters. The second-order valence-corrected chi connectivity index (χ2v) is 11.7. The third-order valence-electron chi connectivity index (χ3n) is 7.63. The first kappa shape index (κ1) is 27.1. The van der Waals surface area contributed by atoms with Gasteiger partial charge in [0.2, 0.25) is 11.8 Å². The molecule has 2 aliphatic heterocycles. The number of hydrogen-bond acceptors (Lipinski definition) is 7. The SMILES string of the molecule is CNCC(=O)N[C@@H]1CC[C@@H](NC(=O)C2Sc3nccc4c3C2NC(=O)N4c2ccc(Oc3ccccc3)cc2C)C1. The molecular weight excluding hydrogens is 540 g/mol. The smallest absolute Gasteiger partial charge is 0.327 e. The highest BCUT2D eigenvalue weighted by Gasteiger charge is 2.47. The molecule has 212 valence electrons. The van der Waals surface area contributed by atoms with Crippen LogP contribution in [0.4, 0.5) is 16.2 Å². The van der Waals surface area contributed by atoms with Gasteiger partial charge in [-0.05, 0) is 75.2 Å². The quantitative estimate of drug-likeness (QED) is 0.322. The van der Waals surface area contributed by atoms with Crippen LogP contribution in [0.1, 0.15) is 36.4 Å². The lowest BCUT2D eigenvalue weighted by molar-refractivity contribution is -0.121. The summed E-state index contributed by atoms with van der Waals surface area (Å²) in [5, 5.41) is 12.3. The summed E-state index contributed by atoms with van der Waals surface area (Å²) in [4.78, 5) is 45.2. The van der Waals surface area contributed by atoms with Gasteiger partial charge in [-0.25, -0.2) is 9.78 Å². The number of nitrogens with one attached hydrogen (secondary N) is 4. The number of amides is 4. The maximum Gasteiger partial charge on any atom is 0.327 e. The van der Waals surface area contributed by atoms with Crippen LogP contribution in [0.3, 0.4) is 0 Å². The Bertz CT molecular complexity index is 1490. The number of urea groups is 1. The van der Waals surface area contributed by atoms with E-state index in [2.05, 4.69) is 26.3 Å². The minimum Gasteiger partial charge on any atom is -0.457 e. The molecule has 1 aliphatic carbocycles. The monoisotopic (exact) mass is 572 g/mol. The Hall–Kier alpha value is -4.09. The standard InChI is InChI=1S/C30H32N6O4S/c1-17-14-21(40-20-6-4-3-5-7-20)10-11-22(17)36-23-12-13-32-29-25(23)26(35-30(36)39)27(41-29)28(38)34-19-9-8-18(15-19)33-24(37)16-31-2/h3-7,10-14,18-19,26-27,31H,8-9,15-16H2,1-2H3,(H,33,37)(H,34,38)(H,35,39)/t18-,19-,26?,27?/m1/s1. The Kier molecular flexibility index (Phi) is 7.55.